The second-order valence-corrected chi connectivity index (χ2v) is 5.44. The zero-order valence-electron chi connectivity index (χ0n) is 14.3. The van der Waals surface area contributed by atoms with Crippen molar-refractivity contribution in [3.8, 4) is 5.75 Å². The largest absolute Gasteiger partial charge is 0.497 e. The van der Waals surface area contributed by atoms with Crippen LogP contribution in [0.25, 0.3) is 0 Å². The van der Waals surface area contributed by atoms with E-state index in [-0.39, 0.29) is 0 Å². The second kappa shape index (κ2) is 9.57. The first-order valence-electron chi connectivity index (χ1n) is 7.99. The third-order valence-corrected chi connectivity index (χ3v) is 3.62. The van der Waals surface area contributed by atoms with Gasteiger partial charge in [0.15, 0.2) is 5.96 Å². The highest BCUT2D eigenvalue weighted by atomic mass is 16.5. The van der Waals surface area contributed by atoms with Crippen LogP contribution >= 0.6 is 0 Å². The molecule has 3 N–H and O–H groups in total. The van der Waals surface area contributed by atoms with E-state index in [1.165, 1.54) is 5.56 Å². The van der Waals surface area contributed by atoms with Crippen LogP contribution in [-0.4, -0.2) is 26.7 Å². The predicted molar refractivity (Wildman–Crippen MR) is 98.6 cm³/mol. The Kier molecular flexibility index (Phi) is 7.11. The lowest BCUT2D eigenvalue weighted by Gasteiger charge is -2.10. The maximum absolute atomic E-state index is 5.97. The Labute approximate surface area is 143 Å². The highest BCUT2D eigenvalue weighted by Gasteiger charge is 2.02. The van der Waals surface area contributed by atoms with Gasteiger partial charge < -0.3 is 20.5 Å². The summed E-state index contributed by atoms with van der Waals surface area (Å²) >= 11 is 0. The second-order valence-electron chi connectivity index (χ2n) is 5.44. The van der Waals surface area contributed by atoms with Crippen LogP contribution in [0.1, 0.15) is 17.5 Å². The number of nitrogens with zero attached hydrogens (tertiary/aromatic N) is 1. The summed E-state index contributed by atoms with van der Waals surface area (Å²) < 4.78 is 10.4. The molecule has 0 aromatic heterocycles. The van der Waals surface area contributed by atoms with Crippen molar-refractivity contribution in [2.24, 2.45) is 10.7 Å². The van der Waals surface area contributed by atoms with Crippen molar-refractivity contribution in [1.82, 2.24) is 0 Å². The first-order chi connectivity index (χ1) is 11.7. The smallest absolute Gasteiger partial charge is 0.193 e. The van der Waals surface area contributed by atoms with Crippen molar-refractivity contribution < 1.29 is 9.47 Å². The summed E-state index contributed by atoms with van der Waals surface area (Å²) in [6, 6.07) is 16.0. The van der Waals surface area contributed by atoms with E-state index in [9.17, 15) is 0 Å². The number of benzene rings is 2. The topological polar surface area (TPSA) is 68.9 Å². The molecule has 2 aromatic rings. The van der Waals surface area contributed by atoms with Crippen molar-refractivity contribution in [3.63, 3.8) is 0 Å². The van der Waals surface area contributed by atoms with Gasteiger partial charge in [-0.3, -0.25) is 4.99 Å². The molecular weight excluding hydrogens is 302 g/mol. The molecule has 0 amide bonds. The molecule has 0 heterocycles. The number of aliphatic imine (C=N–C) groups is 1. The number of anilines is 1. The lowest BCUT2D eigenvalue weighted by atomic mass is 10.1. The van der Waals surface area contributed by atoms with E-state index in [2.05, 4.69) is 16.4 Å². The summed E-state index contributed by atoms with van der Waals surface area (Å²) in [6.07, 6.45) is 1.86. The molecule has 128 valence electrons. The quantitative estimate of drug-likeness (QED) is 0.444. The van der Waals surface area contributed by atoms with Crippen LogP contribution in [-0.2, 0) is 17.8 Å². The number of guanidine groups is 1. The monoisotopic (exact) mass is 327 g/mol. The zero-order valence-corrected chi connectivity index (χ0v) is 14.3. The normalized spacial score (nSPS) is 11.3. The van der Waals surface area contributed by atoms with Gasteiger partial charge in [-0.15, -0.1) is 0 Å². The first kappa shape index (κ1) is 17.8. The number of hydrogen-bond donors (Lipinski definition) is 2. The molecule has 0 aliphatic rings. The molecule has 2 rings (SSSR count). The third-order valence-electron chi connectivity index (χ3n) is 3.62. The number of nitrogens with two attached hydrogens (primary N) is 1. The molecule has 0 atom stereocenters. The van der Waals surface area contributed by atoms with Crippen LogP contribution in [0.3, 0.4) is 0 Å². The van der Waals surface area contributed by atoms with Gasteiger partial charge in [-0.05, 0) is 36.6 Å². The van der Waals surface area contributed by atoms with E-state index in [1.54, 1.807) is 14.2 Å². The van der Waals surface area contributed by atoms with Crippen LogP contribution in [0.4, 0.5) is 5.69 Å². The van der Waals surface area contributed by atoms with E-state index >= 15 is 0 Å². The first-order valence-corrected chi connectivity index (χ1v) is 7.99. The van der Waals surface area contributed by atoms with Gasteiger partial charge in [0.05, 0.1) is 13.7 Å². The molecule has 0 fully saturated rings. The highest BCUT2D eigenvalue weighted by molar-refractivity contribution is 5.92. The molecule has 0 aliphatic heterocycles. The Morgan fingerprint density at radius 1 is 1.12 bits per heavy atom. The fourth-order valence-electron chi connectivity index (χ4n) is 2.41. The average Bonchev–Trinajstić information content (AvgIpc) is 2.61. The van der Waals surface area contributed by atoms with Crippen LogP contribution < -0.4 is 15.8 Å². The highest BCUT2D eigenvalue weighted by Crippen LogP contribution is 2.16. The number of ether oxygens (including phenoxy) is 2. The van der Waals surface area contributed by atoms with E-state index < -0.39 is 0 Å². The minimum atomic E-state index is 0.421. The molecule has 0 unspecified atom stereocenters. The summed E-state index contributed by atoms with van der Waals surface area (Å²) in [5.41, 5.74) is 9.19. The summed E-state index contributed by atoms with van der Waals surface area (Å²) in [6.45, 7) is 1.20. The number of para-hydroxylation sites is 1. The van der Waals surface area contributed by atoms with Crippen molar-refractivity contribution in [2.75, 3.05) is 26.1 Å². The number of hydrogen-bond acceptors (Lipinski definition) is 3. The Balaban J connectivity index is 1.83. The minimum Gasteiger partial charge on any atom is -0.497 e. The van der Waals surface area contributed by atoms with E-state index in [1.807, 2.05) is 42.5 Å². The summed E-state index contributed by atoms with van der Waals surface area (Å²) in [5, 5.41) is 3.14. The lowest BCUT2D eigenvalue weighted by molar-refractivity contribution is 0.185. The number of rotatable bonds is 8. The Morgan fingerprint density at radius 2 is 1.96 bits per heavy atom. The molecule has 0 radical (unpaired) electrons. The van der Waals surface area contributed by atoms with Gasteiger partial charge >= 0.3 is 0 Å². The van der Waals surface area contributed by atoms with Gasteiger partial charge in [0, 0.05) is 24.9 Å². The zero-order chi connectivity index (χ0) is 17.2. The predicted octanol–water partition coefficient (Wildman–Crippen LogP) is 3.20. The summed E-state index contributed by atoms with van der Waals surface area (Å²) in [4.78, 5) is 4.39. The Hall–Kier alpha value is -2.53. The molecule has 2 aromatic carbocycles. The standard InChI is InChI=1S/C19H25N3O2/c1-23-14-16-9-3-4-11-18(16)22-19(20)21-12-6-8-15-7-5-10-17(13-15)24-2/h3-5,7,9-11,13H,6,8,12,14H2,1-2H3,(H3,20,21,22). The van der Waals surface area contributed by atoms with Gasteiger partial charge in [0.2, 0.25) is 0 Å². The molecule has 0 saturated heterocycles. The van der Waals surface area contributed by atoms with Crippen LogP contribution in [0, 0.1) is 0 Å². The van der Waals surface area contributed by atoms with Gasteiger partial charge in [0.25, 0.3) is 0 Å². The molecule has 24 heavy (non-hydrogen) atoms. The Bertz CT molecular complexity index is 671. The maximum atomic E-state index is 5.97. The molecule has 0 saturated carbocycles. The SMILES string of the molecule is COCc1ccccc1NC(N)=NCCCc1cccc(OC)c1. The fourth-order valence-corrected chi connectivity index (χ4v) is 2.41. The van der Waals surface area contributed by atoms with E-state index in [0.29, 0.717) is 19.1 Å². The molecule has 0 aliphatic carbocycles. The average molecular weight is 327 g/mol. The van der Waals surface area contributed by atoms with Gasteiger partial charge in [-0.1, -0.05) is 30.3 Å². The number of methoxy groups -OCH3 is 2. The molecule has 0 bridgehead atoms. The van der Waals surface area contributed by atoms with E-state index in [4.69, 9.17) is 15.2 Å². The Morgan fingerprint density at radius 3 is 2.75 bits per heavy atom. The fraction of sp³-hybridized carbons (Fsp3) is 0.316. The number of aryl methyl sites for hydroxylation is 1. The van der Waals surface area contributed by atoms with Crippen molar-refractivity contribution >= 4 is 11.6 Å². The van der Waals surface area contributed by atoms with E-state index in [0.717, 1.165) is 29.8 Å². The van der Waals surface area contributed by atoms with Crippen LogP contribution in [0.5, 0.6) is 5.75 Å². The molecular formula is C19H25N3O2. The molecule has 0 spiro atoms. The summed E-state index contributed by atoms with van der Waals surface area (Å²) in [5.74, 6) is 1.30. The lowest BCUT2D eigenvalue weighted by Crippen LogP contribution is -2.23. The van der Waals surface area contributed by atoms with Crippen LogP contribution in [0.15, 0.2) is 53.5 Å². The van der Waals surface area contributed by atoms with Crippen LogP contribution in [0.2, 0.25) is 0 Å². The number of nitrogens with one attached hydrogen (secondary N) is 1. The minimum absolute atomic E-state index is 0.421. The molecule has 5 nitrogen and oxygen atoms in total. The van der Waals surface area contributed by atoms with Gasteiger partial charge in [-0.25, -0.2) is 0 Å². The van der Waals surface area contributed by atoms with Crippen molar-refractivity contribution in [3.05, 3.63) is 59.7 Å². The van der Waals surface area contributed by atoms with Crippen molar-refractivity contribution in [1.29, 1.82) is 0 Å². The summed E-state index contributed by atoms with van der Waals surface area (Å²) in [7, 11) is 3.35. The molecule has 5 heteroatoms. The maximum Gasteiger partial charge on any atom is 0.193 e. The van der Waals surface area contributed by atoms with Crippen molar-refractivity contribution in [2.45, 2.75) is 19.4 Å². The van der Waals surface area contributed by atoms with Gasteiger partial charge in [0.1, 0.15) is 5.75 Å². The third kappa shape index (κ3) is 5.59. The van der Waals surface area contributed by atoms with Gasteiger partial charge in [-0.2, -0.15) is 0 Å².